The van der Waals surface area contributed by atoms with E-state index < -0.39 is 0 Å². The van der Waals surface area contributed by atoms with Gasteiger partial charge in [0.15, 0.2) is 0 Å². The highest BCUT2D eigenvalue weighted by Crippen LogP contribution is 2.28. The second-order valence-corrected chi connectivity index (χ2v) is 6.99. The lowest BCUT2D eigenvalue weighted by atomic mass is 9.79. The van der Waals surface area contributed by atoms with E-state index in [0.29, 0.717) is 13.2 Å². The smallest absolute Gasteiger partial charge is 0.251 e. The molecule has 0 bridgehead atoms. The van der Waals surface area contributed by atoms with E-state index >= 15 is 0 Å². The zero-order valence-corrected chi connectivity index (χ0v) is 13.7. The zero-order chi connectivity index (χ0) is 15.4. The molecule has 0 atom stereocenters. The maximum Gasteiger partial charge on any atom is 0.251 e. The number of nitrogens with one attached hydrogen (secondary N) is 2. The number of ether oxygens (including phenoxy) is 1. The summed E-state index contributed by atoms with van der Waals surface area (Å²) in [7, 11) is 1.73. The molecule has 0 radical (unpaired) electrons. The predicted octanol–water partition coefficient (Wildman–Crippen LogP) is 2.65. The number of amides is 1. The van der Waals surface area contributed by atoms with E-state index in [1.165, 1.54) is 4.70 Å². The number of rotatable bonds is 5. The number of hydrogen-bond acceptors (Lipinski definition) is 4. The second kappa shape index (κ2) is 6.77. The predicted molar refractivity (Wildman–Crippen MR) is 90.6 cm³/mol. The van der Waals surface area contributed by atoms with Crippen LogP contribution in [0.1, 0.15) is 23.2 Å². The van der Waals surface area contributed by atoms with Gasteiger partial charge >= 0.3 is 0 Å². The molecule has 118 valence electrons. The van der Waals surface area contributed by atoms with Gasteiger partial charge in [0.25, 0.3) is 5.91 Å². The van der Waals surface area contributed by atoms with Gasteiger partial charge in [-0.2, -0.15) is 0 Å². The third kappa shape index (κ3) is 3.32. The van der Waals surface area contributed by atoms with E-state index in [0.717, 1.165) is 36.9 Å². The van der Waals surface area contributed by atoms with Crippen molar-refractivity contribution in [1.82, 2.24) is 10.6 Å². The van der Waals surface area contributed by atoms with Gasteiger partial charge in [-0.25, -0.2) is 0 Å². The highest BCUT2D eigenvalue weighted by atomic mass is 32.1. The third-order valence-electron chi connectivity index (χ3n) is 4.45. The Hall–Kier alpha value is -1.43. The minimum Gasteiger partial charge on any atom is -0.384 e. The lowest BCUT2D eigenvalue weighted by Crippen LogP contribution is -2.47. The average Bonchev–Trinajstić information content (AvgIpc) is 3.01. The van der Waals surface area contributed by atoms with Crippen molar-refractivity contribution in [3.8, 4) is 0 Å². The lowest BCUT2D eigenvalue weighted by Gasteiger charge is -2.37. The Morgan fingerprint density at radius 3 is 2.95 bits per heavy atom. The monoisotopic (exact) mass is 318 g/mol. The topological polar surface area (TPSA) is 50.4 Å². The van der Waals surface area contributed by atoms with Crippen LogP contribution in [0.4, 0.5) is 0 Å². The molecule has 0 unspecified atom stereocenters. The van der Waals surface area contributed by atoms with Crippen molar-refractivity contribution >= 4 is 27.3 Å². The molecule has 1 aromatic carbocycles. The number of thiophene rings is 1. The van der Waals surface area contributed by atoms with E-state index in [9.17, 15) is 4.79 Å². The van der Waals surface area contributed by atoms with Crippen molar-refractivity contribution in [3.05, 3.63) is 35.2 Å². The summed E-state index contributed by atoms with van der Waals surface area (Å²) in [6, 6.07) is 7.94. The van der Waals surface area contributed by atoms with Gasteiger partial charge in [-0.1, -0.05) is 0 Å². The first-order chi connectivity index (χ1) is 10.7. The van der Waals surface area contributed by atoms with Gasteiger partial charge in [-0.05, 0) is 61.0 Å². The highest BCUT2D eigenvalue weighted by molar-refractivity contribution is 7.17. The van der Waals surface area contributed by atoms with E-state index in [2.05, 4.69) is 22.1 Å². The highest BCUT2D eigenvalue weighted by Gasteiger charge is 2.32. The van der Waals surface area contributed by atoms with Crippen LogP contribution < -0.4 is 10.6 Å². The molecular formula is C17H22N2O2S. The van der Waals surface area contributed by atoms with Crippen LogP contribution in [0.3, 0.4) is 0 Å². The molecule has 1 saturated heterocycles. The van der Waals surface area contributed by atoms with E-state index in [1.54, 1.807) is 18.4 Å². The first-order valence-corrected chi connectivity index (χ1v) is 8.56. The maximum atomic E-state index is 12.4. The Morgan fingerprint density at radius 1 is 1.36 bits per heavy atom. The van der Waals surface area contributed by atoms with Gasteiger partial charge < -0.3 is 15.4 Å². The van der Waals surface area contributed by atoms with Crippen LogP contribution in [0, 0.1) is 5.41 Å². The number of fused-ring (bicyclic) bond motifs is 1. The quantitative estimate of drug-likeness (QED) is 0.891. The summed E-state index contributed by atoms with van der Waals surface area (Å²) in [6.07, 6.45) is 2.06. The van der Waals surface area contributed by atoms with Crippen LogP contribution in [0.2, 0.25) is 0 Å². The van der Waals surface area contributed by atoms with Gasteiger partial charge in [-0.3, -0.25) is 4.79 Å². The summed E-state index contributed by atoms with van der Waals surface area (Å²) >= 11 is 1.69. The molecule has 0 spiro atoms. The minimum atomic E-state index is 0.00195. The third-order valence-corrected chi connectivity index (χ3v) is 5.35. The molecule has 0 saturated carbocycles. The number of carbonyl (C=O) groups is 1. The second-order valence-electron chi connectivity index (χ2n) is 6.04. The summed E-state index contributed by atoms with van der Waals surface area (Å²) in [6.45, 7) is 3.34. The van der Waals surface area contributed by atoms with Gasteiger partial charge in [0.05, 0.1) is 6.61 Å². The van der Waals surface area contributed by atoms with Crippen molar-refractivity contribution in [1.29, 1.82) is 0 Å². The maximum absolute atomic E-state index is 12.4. The molecule has 1 aliphatic heterocycles. The number of hydrogen-bond donors (Lipinski definition) is 2. The standard InChI is InChI=1S/C17H22N2O2S/c1-21-12-17(5-7-18-8-6-17)11-19-16(20)14-2-3-15-13(10-14)4-9-22-15/h2-4,9-10,18H,5-8,11-12H2,1H3,(H,19,20). The molecule has 5 heteroatoms. The Bertz CT molecular complexity index is 641. The summed E-state index contributed by atoms with van der Waals surface area (Å²) in [5, 5.41) is 9.66. The Kier molecular flexibility index (Phi) is 4.76. The molecule has 22 heavy (non-hydrogen) atoms. The first-order valence-electron chi connectivity index (χ1n) is 7.68. The number of benzene rings is 1. The summed E-state index contributed by atoms with van der Waals surface area (Å²) < 4.78 is 6.61. The SMILES string of the molecule is COCC1(CNC(=O)c2ccc3sccc3c2)CCNCC1. The van der Waals surface area contributed by atoms with Crippen LogP contribution in [0.25, 0.3) is 10.1 Å². The first kappa shape index (κ1) is 15.5. The Labute approximate surface area is 134 Å². The molecule has 1 aliphatic rings. The number of carbonyl (C=O) groups excluding carboxylic acids is 1. The minimum absolute atomic E-state index is 0.00195. The Morgan fingerprint density at radius 2 is 2.18 bits per heavy atom. The van der Waals surface area contributed by atoms with E-state index in [4.69, 9.17) is 4.74 Å². The van der Waals surface area contributed by atoms with Crippen LogP contribution in [0.15, 0.2) is 29.6 Å². The van der Waals surface area contributed by atoms with Crippen LogP contribution in [0.5, 0.6) is 0 Å². The molecule has 1 fully saturated rings. The van der Waals surface area contributed by atoms with Crippen molar-refractivity contribution < 1.29 is 9.53 Å². The average molecular weight is 318 g/mol. The van der Waals surface area contributed by atoms with E-state index in [1.807, 2.05) is 18.2 Å². The zero-order valence-electron chi connectivity index (χ0n) is 12.9. The summed E-state index contributed by atoms with van der Waals surface area (Å²) in [4.78, 5) is 12.4. The molecule has 0 aliphatic carbocycles. The van der Waals surface area contributed by atoms with Crippen molar-refractivity contribution in [2.45, 2.75) is 12.8 Å². The number of piperidine rings is 1. The molecule has 2 heterocycles. The molecule has 4 nitrogen and oxygen atoms in total. The summed E-state index contributed by atoms with van der Waals surface area (Å²) in [5.41, 5.74) is 0.787. The number of methoxy groups -OCH3 is 1. The molecule has 1 amide bonds. The van der Waals surface area contributed by atoms with Crippen LogP contribution >= 0.6 is 11.3 Å². The molecule has 1 aromatic heterocycles. The van der Waals surface area contributed by atoms with Gasteiger partial charge in [-0.15, -0.1) is 11.3 Å². The van der Waals surface area contributed by atoms with Gasteiger partial charge in [0.2, 0.25) is 0 Å². The van der Waals surface area contributed by atoms with Crippen molar-refractivity contribution in [3.63, 3.8) is 0 Å². The molecular weight excluding hydrogens is 296 g/mol. The van der Waals surface area contributed by atoms with Gasteiger partial charge in [0.1, 0.15) is 0 Å². The molecule has 2 aromatic rings. The summed E-state index contributed by atoms with van der Waals surface area (Å²) in [5.74, 6) is 0.00195. The molecule has 3 rings (SSSR count). The van der Waals surface area contributed by atoms with Crippen LogP contribution in [-0.4, -0.2) is 39.3 Å². The van der Waals surface area contributed by atoms with Crippen LogP contribution in [-0.2, 0) is 4.74 Å². The lowest BCUT2D eigenvalue weighted by molar-refractivity contribution is 0.0512. The fourth-order valence-corrected chi connectivity index (χ4v) is 3.88. The normalized spacial score (nSPS) is 17.5. The molecule has 2 N–H and O–H groups in total. The largest absolute Gasteiger partial charge is 0.384 e. The van der Waals surface area contributed by atoms with Gasteiger partial charge in [0, 0.05) is 29.3 Å². The Balaban J connectivity index is 1.67. The fraction of sp³-hybridized carbons (Fsp3) is 0.471. The fourth-order valence-electron chi connectivity index (χ4n) is 3.11. The van der Waals surface area contributed by atoms with Crippen molar-refractivity contribution in [2.75, 3.05) is 33.4 Å². The van der Waals surface area contributed by atoms with E-state index in [-0.39, 0.29) is 11.3 Å². The van der Waals surface area contributed by atoms with Crippen molar-refractivity contribution in [2.24, 2.45) is 5.41 Å².